The number of rotatable bonds is 2. The molecule has 0 amide bonds. The Labute approximate surface area is 121 Å². The molecular formula is C17H14N2O2. The van der Waals surface area contributed by atoms with Crippen molar-refractivity contribution in [3.63, 3.8) is 0 Å². The molecule has 0 saturated heterocycles. The zero-order chi connectivity index (χ0) is 14.8. The Morgan fingerprint density at radius 1 is 1.10 bits per heavy atom. The van der Waals surface area contributed by atoms with Crippen molar-refractivity contribution in [3.8, 4) is 0 Å². The summed E-state index contributed by atoms with van der Waals surface area (Å²) in [5.41, 5.74) is 3.19. The van der Waals surface area contributed by atoms with Gasteiger partial charge in [-0.15, -0.1) is 0 Å². The minimum Gasteiger partial charge on any atom is -0.426 e. The van der Waals surface area contributed by atoms with E-state index in [0.717, 1.165) is 22.0 Å². The van der Waals surface area contributed by atoms with Crippen molar-refractivity contribution in [2.45, 2.75) is 6.92 Å². The molecular weight excluding hydrogens is 264 g/mol. The van der Waals surface area contributed by atoms with E-state index in [-0.39, 0.29) is 0 Å². The number of aryl methyl sites for hydroxylation is 1. The van der Waals surface area contributed by atoms with Crippen LogP contribution in [0, 0.1) is 6.92 Å². The lowest BCUT2D eigenvalue weighted by Gasteiger charge is -2.06. The van der Waals surface area contributed by atoms with Gasteiger partial charge < -0.3 is 5.21 Å². The SMILES string of the molecule is Cc1ccc2c(ccc(=Nc3ccccc3C=O)n2O)c1. The molecule has 0 saturated carbocycles. The van der Waals surface area contributed by atoms with Crippen molar-refractivity contribution in [2.24, 2.45) is 4.99 Å². The van der Waals surface area contributed by atoms with Crippen LogP contribution in [0.25, 0.3) is 10.9 Å². The van der Waals surface area contributed by atoms with Gasteiger partial charge in [-0.1, -0.05) is 23.8 Å². The number of para-hydroxylation sites is 1. The molecule has 4 nitrogen and oxygen atoms in total. The maximum absolute atomic E-state index is 11.0. The topological polar surface area (TPSA) is 54.6 Å². The summed E-state index contributed by atoms with van der Waals surface area (Å²) in [6, 6.07) is 16.4. The van der Waals surface area contributed by atoms with Crippen LogP contribution < -0.4 is 5.49 Å². The monoisotopic (exact) mass is 278 g/mol. The Kier molecular flexibility index (Phi) is 3.28. The van der Waals surface area contributed by atoms with Crippen LogP contribution in [-0.4, -0.2) is 16.2 Å². The summed E-state index contributed by atoms with van der Waals surface area (Å²) < 4.78 is 1.04. The fraction of sp³-hybridized carbons (Fsp3) is 0.0588. The third kappa shape index (κ3) is 2.43. The van der Waals surface area contributed by atoms with Gasteiger partial charge in [0.15, 0.2) is 11.8 Å². The van der Waals surface area contributed by atoms with Gasteiger partial charge in [0, 0.05) is 10.9 Å². The third-order valence-electron chi connectivity index (χ3n) is 3.34. The van der Waals surface area contributed by atoms with Gasteiger partial charge >= 0.3 is 0 Å². The summed E-state index contributed by atoms with van der Waals surface area (Å²) in [6.45, 7) is 2.00. The second-order valence-electron chi connectivity index (χ2n) is 4.85. The Morgan fingerprint density at radius 3 is 2.71 bits per heavy atom. The van der Waals surface area contributed by atoms with Gasteiger partial charge in [-0.25, -0.2) is 4.99 Å². The summed E-state index contributed by atoms with van der Waals surface area (Å²) in [5, 5.41) is 11.2. The van der Waals surface area contributed by atoms with Crippen molar-refractivity contribution in [1.82, 2.24) is 4.73 Å². The molecule has 21 heavy (non-hydrogen) atoms. The van der Waals surface area contributed by atoms with E-state index in [0.29, 0.717) is 22.3 Å². The minimum absolute atomic E-state index is 0.376. The molecule has 0 aliphatic rings. The molecule has 3 rings (SSSR count). The normalized spacial score (nSPS) is 11.8. The molecule has 0 radical (unpaired) electrons. The molecule has 0 unspecified atom stereocenters. The van der Waals surface area contributed by atoms with Gasteiger partial charge in [0.2, 0.25) is 0 Å². The third-order valence-corrected chi connectivity index (χ3v) is 3.34. The number of carbonyl (C=O) groups excluding carboxylic acids is 1. The summed E-state index contributed by atoms with van der Waals surface area (Å²) in [6.07, 6.45) is 0.755. The molecule has 0 aliphatic carbocycles. The number of aldehydes is 1. The highest BCUT2D eigenvalue weighted by Gasteiger charge is 2.02. The second kappa shape index (κ2) is 5.25. The number of benzene rings is 2. The first-order valence-corrected chi connectivity index (χ1v) is 6.59. The van der Waals surface area contributed by atoms with Gasteiger partial charge in [0.1, 0.15) is 0 Å². The standard InChI is InChI=1S/C17H14N2O2/c1-12-6-8-16-13(10-12)7-9-17(19(16)21)18-15-5-3-2-4-14(15)11-20/h2-11,21H,1H3. The lowest BCUT2D eigenvalue weighted by molar-refractivity contribution is 0.112. The van der Waals surface area contributed by atoms with Crippen LogP contribution in [0.3, 0.4) is 0 Å². The Bertz CT molecular complexity index is 895. The first-order valence-electron chi connectivity index (χ1n) is 6.59. The fourth-order valence-corrected chi connectivity index (χ4v) is 2.26. The van der Waals surface area contributed by atoms with Crippen LogP contribution in [0.2, 0.25) is 0 Å². The molecule has 3 aromatic rings. The Morgan fingerprint density at radius 2 is 1.90 bits per heavy atom. The van der Waals surface area contributed by atoms with Crippen LogP contribution in [0.15, 0.2) is 59.6 Å². The maximum atomic E-state index is 11.0. The molecule has 4 heteroatoms. The van der Waals surface area contributed by atoms with Crippen LogP contribution >= 0.6 is 0 Å². The number of hydrogen-bond donors (Lipinski definition) is 1. The van der Waals surface area contributed by atoms with Crippen LogP contribution in [0.1, 0.15) is 15.9 Å². The number of pyridine rings is 1. The molecule has 2 aromatic carbocycles. The number of nitrogens with zero attached hydrogens (tertiary/aromatic N) is 2. The lowest BCUT2D eigenvalue weighted by atomic mass is 10.1. The van der Waals surface area contributed by atoms with E-state index in [2.05, 4.69) is 4.99 Å². The quantitative estimate of drug-likeness (QED) is 0.578. The van der Waals surface area contributed by atoms with E-state index < -0.39 is 0 Å². The smallest absolute Gasteiger partial charge is 0.169 e. The molecule has 0 spiro atoms. The minimum atomic E-state index is 0.376. The van der Waals surface area contributed by atoms with E-state index in [1.165, 1.54) is 0 Å². The van der Waals surface area contributed by atoms with E-state index in [4.69, 9.17) is 0 Å². The number of fused-ring (bicyclic) bond motifs is 1. The predicted octanol–water partition coefficient (Wildman–Crippen LogP) is 3.23. The zero-order valence-electron chi connectivity index (χ0n) is 11.5. The van der Waals surface area contributed by atoms with Crippen LogP contribution in [0.4, 0.5) is 5.69 Å². The Balaban J connectivity index is 2.25. The highest BCUT2D eigenvalue weighted by molar-refractivity contribution is 5.83. The first-order chi connectivity index (χ1) is 10.2. The maximum Gasteiger partial charge on any atom is 0.169 e. The van der Waals surface area contributed by atoms with Gasteiger partial charge in [-0.3, -0.25) is 4.79 Å². The van der Waals surface area contributed by atoms with Crippen LogP contribution in [0.5, 0.6) is 0 Å². The van der Waals surface area contributed by atoms with Crippen LogP contribution in [-0.2, 0) is 0 Å². The van der Waals surface area contributed by atoms with Crippen molar-refractivity contribution in [2.75, 3.05) is 0 Å². The number of hydrogen-bond acceptors (Lipinski definition) is 3. The first kappa shape index (κ1) is 13.1. The molecule has 104 valence electrons. The van der Waals surface area contributed by atoms with Gasteiger partial charge in [-0.2, -0.15) is 4.73 Å². The van der Waals surface area contributed by atoms with E-state index >= 15 is 0 Å². The highest BCUT2D eigenvalue weighted by Crippen LogP contribution is 2.17. The Hall–Kier alpha value is -2.88. The lowest BCUT2D eigenvalue weighted by Crippen LogP contribution is -2.18. The molecule has 1 N–H and O–H groups in total. The largest absolute Gasteiger partial charge is 0.426 e. The molecule has 0 fully saturated rings. The van der Waals surface area contributed by atoms with Crippen molar-refractivity contribution >= 4 is 22.9 Å². The number of aromatic nitrogens is 1. The fourth-order valence-electron chi connectivity index (χ4n) is 2.26. The van der Waals surface area contributed by atoms with Gasteiger partial charge in [0.25, 0.3) is 0 Å². The molecule has 0 aliphatic heterocycles. The summed E-state index contributed by atoms with van der Waals surface area (Å²) in [7, 11) is 0. The van der Waals surface area contributed by atoms with E-state index in [9.17, 15) is 10.0 Å². The summed E-state index contributed by atoms with van der Waals surface area (Å²) >= 11 is 0. The average Bonchev–Trinajstić information content (AvgIpc) is 2.50. The molecule has 0 bridgehead atoms. The van der Waals surface area contributed by atoms with E-state index in [1.54, 1.807) is 30.3 Å². The molecule has 1 heterocycles. The second-order valence-corrected chi connectivity index (χ2v) is 4.85. The molecule has 0 atom stereocenters. The van der Waals surface area contributed by atoms with Gasteiger partial charge in [0.05, 0.1) is 11.2 Å². The predicted molar refractivity (Wildman–Crippen MR) is 80.9 cm³/mol. The summed E-state index contributed by atoms with van der Waals surface area (Å²) in [5.74, 6) is 0. The van der Waals surface area contributed by atoms with E-state index in [1.807, 2.05) is 31.2 Å². The zero-order valence-corrected chi connectivity index (χ0v) is 11.5. The molecule has 1 aromatic heterocycles. The van der Waals surface area contributed by atoms with Crippen molar-refractivity contribution in [3.05, 3.63) is 71.2 Å². The average molecular weight is 278 g/mol. The van der Waals surface area contributed by atoms with Crippen molar-refractivity contribution in [1.29, 1.82) is 0 Å². The van der Waals surface area contributed by atoms with Crippen molar-refractivity contribution < 1.29 is 10.0 Å². The highest BCUT2D eigenvalue weighted by atomic mass is 16.5. The van der Waals surface area contributed by atoms with Gasteiger partial charge in [-0.05, 0) is 43.3 Å². The summed E-state index contributed by atoms with van der Waals surface area (Å²) in [4.78, 5) is 15.4. The number of carbonyl (C=O) groups is 1.